The quantitative estimate of drug-likeness (QED) is 0.685. The maximum atomic E-state index is 12.3. The standard InChI is InChI=1S/C19H14N2O6/c22-17-8-13(12-3-1-2-4-14(12)21-17)19(24)25-9-18(23)20-11-5-6-15-16(7-11)27-10-26-15/h1-8H,9-10H2,(H,20,23)(H,21,22). The van der Waals surface area contributed by atoms with Crippen LogP contribution < -0.4 is 20.3 Å². The third kappa shape index (κ3) is 3.45. The van der Waals surface area contributed by atoms with Crippen LogP contribution >= 0.6 is 0 Å². The van der Waals surface area contributed by atoms with Gasteiger partial charge < -0.3 is 24.5 Å². The zero-order chi connectivity index (χ0) is 18.8. The average molecular weight is 366 g/mol. The predicted molar refractivity (Wildman–Crippen MR) is 96.0 cm³/mol. The number of anilines is 1. The smallest absolute Gasteiger partial charge is 0.339 e. The second kappa shape index (κ2) is 6.83. The van der Waals surface area contributed by atoms with E-state index in [0.29, 0.717) is 28.1 Å². The lowest BCUT2D eigenvalue weighted by molar-refractivity contribution is -0.119. The van der Waals surface area contributed by atoms with E-state index in [1.807, 2.05) is 0 Å². The van der Waals surface area contributed by atoms with E-state index in [4.69, 9.17) is 14.2 Å². The Morgan fingerprint density at radius 1 is 1.07 bits per heavy atom. The minimum atomic E-state index is -0.752. The summed E-state index contributed by atoms with van der Waals surface area (Å²) in [6.07, 6.45) is 0. The highest BCUT2D eigenvalue weighted by atomic mass is 16.7. The molecule has 3 aromatic rings. The Hall–Kier alpha value is -3.81. The number of hydrogen-bond acceptors (Lipinski definition) is 6. The number of ether oxygens (including phenoxy) is 3. The Bertz CT molecular complexity index is 1100. The molecule has 1 amide bonds. The molecule has 0 unspecified atom stereocenters. The van der Waals surface area contributed by atoms with Crippen molar-refractivity contribution < 1.29 is 23.8 Å². The van der Waals surface area contributed by atoms with Gasteiger partial charge in [-0.15, -0.1) is 0 Å². The number of aromatic nitrogens is 1. The lowest BCUT2D eigenvalue weighted by Crippen LogP contribution is -2.21. The van der Waals surface area contributed by atoms with Crippen molar-refractivity contribution in [3.63, 3.8) is 0 Å². The molecule has 0 bridgehead atoms. The number of carbonyl (C=O) groups is 2. The Kier molecular flexibility index (Phi) is 4.21. The van der Waals surface area contributed by atoms with Gasteiger partial charge in [0.1, 0.15) is 0 Å². The number of fused-ring (bicyclic) bond motifs is 2. The summed E-state index contributed by atoms with van der Waals surface area (Å²) < 4.78 is 15.5. The molecule has 1 aliphatic rings. The molecule has 4 rings (SSSR count). The molecule has 8 nitrogen and oxygen atoms in total. The number of carbonyl (C=O) groups excluding carboxylic acids is 2. The monoisotopic (exact) mass is 366 g/mol. The number of hydrogen-bond donors (Lipinski definition) is 2. The van der Waals surface area contributed by atoms with Crippen LogP contribution in [0.4, 0.5) is 5.69 Å². The molecular weight excluding hydrogens is 352 g/mol. The van der Waals surface area contributed by atoms with Crippen molar-refractivity contribution in [3.8, 4) is 11.5 Å². The van der Waals surface area contributed by atoms with Crippen LogP contribution in [-0.4, -0.2) is 30.3 Å². The molecule has 136 valence electrons. The summed E-state index contributed by atoms with van der Waals surface area (Å²) in [5, 5.41) is 3.15. The largest absolute Gasteiger partial charge is 0.454 e. The van der Waals surface area contributed by atoms with E-state index in [1.54, 1.807) is 42.5 Å². The van der Waals surface area contributed by atoms with Crippen molar-refractivity contribution in [1.82, 2.24) is 4.98 Å². The van der Waals surface area contributed by atoms with Crippen molar-refractivity contribution in [2.75, 3.05) is 18.7 Å². The van der Waals surface area contributed by atoms with Gasteiger partial charge in [0, 0.05) is 28.7 Å². The van der Waals surface area contributed by atoms with Crippen LogP contribution in [0.1, 0.15) is 10.4 Å². The number of nitrogens with one attached hydrogen (secondary N) is 2. The summed E-state index contributed by atoms with van der Waals surface area (Å²) in [5.74, 6) is -0.144. The highest BCUT2D eigenvalue weighted by molar-refractivity contribution is 6.04. The highest BCUT2D eigenvalue weighted by Gasteiger charge is 2.16. The normalized spacial score (nSPS) is 12.0. The SMILES string of the molecule is O=C(COC(=O)c1cc(=O)[nH]c2ccccc12)Nc1ccc2c(c1)OCO2. The van der Waals surface area contributed by atoms with Crippen LogP contribution in [0.3, 0.4) is 0 Å². The first kappa shape index (κ1) is 16.6. The number of aromatic amines is 1. The van der Waals surface area contributed by atoms with Gasteiger partial charge in [0.25, 0.3) is 5.91 Å². The molecule has 0 aliphatic carbocycles. The van der Waals surface area contributed by atoms with Gasteiger partial charge in [-0.1, -0.05) is 18.2 Å². The molecule has 2 N–H and O–H groups in total. The lowest BCUT2D eigenvalue weighted by Gasteiger charge is -2.08. The number of esters is 1. The van der Waals surface area contributed by atoms with E-state index in [9.17, 15) is 14.4 Å². The maximum absolute atomic E-state index is 12.3. The molecule has 0 spiro atoms. The van der Waals surface area contributed by atoms with Crippen molar-refractivity contribution in [1.29, 1.82) is 0 Å². The Balaban J connectivity index is 1.43. The molecule has 8 heteroatoms. The molecule has 0 fully saturated rings. The van der Waals surface area contributed by atoms with E-state index >= 15 is 0 Å². The van der Waals surface area contributed by atoms with Crippen LogP contribution in [0.25, 0.3) is 10.9 Å². The first-order valence-electron chi connectivity index (χ1n) is 8.09. The molecular formula is C19H14N2O6. The van der Waals surface area contributed by atoms with Crippen LogP contribution in [0.15, 0.2) is 53.3 Å². The third-order valence-electron chi connectivity index (χ3n) is 3.96. The zero-order valence-electron chi connectivity index (χ0n) is 14.0. The lowest BCUT2D eigenvalue weighted by atomic mass is 10.1. The number of amides is 1. The van der Waals surface area contributed by atoms with Crippen LogP contribution in [-0.2, 0) is 9.53 Å². The van der Waals surface area contributed by atoms with E-state index in [2.05, 4.69) is 10.3 Å². The summed E-state index contributed by atoms with van der Waals surface area (Å²) in [6.45, 7) is -0.358. The van der Waals surface area contributed by atoms with Gasteiger partial charge >= 0.3 is 5.97 Å². The average Bonchev–Trinajstić information content (AvgIpc) is 3.13. The fraction of sp³-hybridized carbons (Fsp3) is 0.105. The number of rotatable bonds is 4. The van der Waals surface area contributed by atoms with Crippen LogP contribution in [0, 0.1) is 0 Å². The molecule has 27 heavy (non-hydrogen) atoms. The van der Waals surface area contributed by atoms with Crippen LogP contribution in [0.2, 0.25) is 0 Å². The van der Waals surface area contributed by atoms with Gasteiger partial charge in [0.2, 0.25) is 12.4 Å². The molecule has 0 saturated carbocycles. The molecule has 0 radical (unpaired) electrons. The second-order valence-electron chi connectivity index (χ2n) is 5.79. The Morgan fingerprint density at radius 2 is 1.89 bits per heavy atom. The fourth-order valence-corrected chi connectivity index (χ4v) is 2.75. The van der Waals surface area contributed by atoms with Gasteiger partial charge in [-0.25, -0.2) is 4.79 Å². The van der Waals surface area contributed by atoms with E-state index in [-0.39, 0.29) is 12.4 Å². The van der Waals surface area contributed by atoms with Crippen LogP contribution in [0.5, 0.6) is 11.5 Å². The van der Waals surface area contributed by atoms with Gasteiger partial charge in [-0.3, -0.25) is 9.59 Å². The first-order chi connectivity index (χ1) is 13.1. The number of para-hydroxylation sites is 1. The minimum absolute atomic E-state index is 0.102. The van der Waals surface area contributed by atoms with Gasteiger partial charge in [0.05, 0.1) is 5.56 Å². The van der Waals surface area contributed by atoms with Gasteiger partial charge in [-0.05, 0) is 18.2 Å². The fourth-order valence-electron chi connectivity index (χ4n) is 2.75. The molecule has 0 atom stereocenters. The third-order valence-corrected chi connectivity index (χ3v) is 3.96. The highest BCUT2D eigenvalue weighted by Crippen LogP contribution is 2.34. The maximum Gasteiger partial charge on any atom is 0.339 e. The second-order valence-corrected chi connectivity index (χ2v) is 5.79. The van der Waals surface area contributed by atoms with Gasteiger partial charge in [0.15, 0.2) is 18.1 Å². The minimum Gasteiger partial charge on any atom is -0.454 e. The van der Waals surface area contributed by atoms with Crippen molar-refractivity contribution in [2.24, 2.45) is 0 Å². The molecule has 1 aliphatic heterocycles. The van der Waals surface area contributed by atoms with E-state index in [0.717, 1.165) is 6.07 Å². The number of pyridine rings is 1. The molecule has 2 aromatic carbocycles. The van der Waals surface area contributed by atoms with E-state index in [1.165, 1.54) is 0 Å². The Morgan fingerprint density at radius 3 is 2.78 bits per heavy atom. The first-order valence-corrected chi connectivity index (χ1v) is 8.09. The molecule has 0 saturated heterocycles. The predicted octanol–water partition coefficient (Wildman–Crippen LogP) is 2.05. The topological polar surface area (TPSA) is 107 Å². The summed E-state index contributed by atoms with van der Waals surface area (Å²) >= 11 is 0. The molecule has 1 aromatic heterocycles. The van der Waals surface area contributed by atoms with E-state index < -0.39 is 24.0 Å². The Labute approximate surface area is 152 Å². The summed E-state index contributed by atoms with van der Waals surface area (Å²) in [4.78, 5) is 38.7. The van der Waals surface area contributed by atoms with Crippen molar-refractivity contribution >= 4 is 28.5 Å². The van der Waals surface area contributed by atoms with Crippen molar-refractivity contribution in [3.05, 3.63) is 64.4 Å². The zero-order valence-corrected chi connectivity index (χ0v) is 14.0. The summed E-state index contributed by atoms with van der Waals surface area (Å²) in [5.41, 5.74) is 0.680. The summed E-state index contributed by atoms with van der Waals surface area (Å²) in [7, 11) is 0. The summed E-state index contributed by atoms with van der Waals surface area (Å²) in [6, 6.07) is 12.9. The van der Waals surface area contributed by atoms with Gasteiger partial charge in [-0.2, -0.15) is 0 Å². The molecule has 2 heterocycles. The number of H-pyrrole nitrogens is 1. The number of benzene rings is 2. The van der Waals surface area contributed by atoms with Crippen molar-refractivity contribution in [2.45, 2.75) is 0 Å².